The van der Waals surface area contributed by atoms with Crippen molar-refractivity contribution < 1.29 is 27.4 Å². The zero-order valence-corrected chi connectivity index (χ0v) is 15.4. The van der Waals surface area contributed by atoms with E-state index in [0.29, 0.717) is 5.69 Å². The molecule has 146 valence electrons. The molecule has 0 radical (unpaired) electrons. The van der Waals surface area contributed by atoms with E-state index in [1.807, 2.05) is 0 Å². The van der Waals surface area contributed by atoms with Gasteiger partial charge in [0.2, 0.25) is 0 Å². The van der Waals surface area contributed by atoms with Crippen LogP contribution in [-0.4, -0.2) is 28.1 Å². The molecule has 0 aliphatic carbocycles. The molecule has 27 heavy (non-hydrogen) atoms. The van der Waals surface area contributed by atoms with E-state index in [0.717, 1.165) is 12.1 Å². The number of alkyl halides is 3. The number of halogens is 3. The van der Waals surface area contributed by atoms with Crippen molar-refractivity contribution in [1.29, 1.82) is 0 Å². The molecule has 5 nitrogen and oxygen atoms in total. The average Bonchev–Trinajstić information content (AvgIpc) is 2.99. The second-order valence-corrected chi connectivity index (χ2v) is 6.42. The lowest BCUT2D eigenvalue weighted by atomic mass is 10.1. The van der Waals surface area contributed by atoms with E-state index < -0.39 is 17.7 Å². The van der Waals surface area contributed by atoms with E-state index in [4.69, 9.17) is 9.47 Å². The molecule has 1 heterocycles. The quantitative estimate of drug-likeness (QED) is 0.573. The summed E-state index contributed by atoms with van der Waals surface area (Å²) >= 11 is 0. The molecular formula is C19H21F3N2O3. The van der Waals surface area contributed by atoms with Crippen LogP contribution >= 0.6 is 0 Å². The van der Waals surface area contributed by atoms with E-state index in [1.165, 1.54) is 24.4 Å². The summed E-state index contributed by atoms with van der Waals surface area (Å²) in [6.45, 7) is 6.91. The maximum Gasteiger partial charge on any atom is 0.416 e. The number of esters is 1. The monoisotopic (exact) mass is 382 g/mol. The van der Waals surface area contributed by atoms with E-state index in [9.17, 15) is 18.0 Å². The van der Waals surface area contributed by atoms with Gasteiger partial charge in [0.15, 0.2) is 0 Å². The zero-order chi connectivity index (χ0) is 20.2. The molecular weight excluding hydrogens is 361 g/mol. The molecule has 0 amide bonds. The molecule has 0 atom stereocenters. The smallest absolute Gasteiger partial charge is 0.416 e. The molecule has 2 aromatic rings. The van der Waals surface area contributed by atoms with Crippen molar-refractivity contribution in [2.24, 2.45) is 0 Å². The van der Waals surface area contributed by atoms with Crippen LogP contribution in [0.2, 0.25) is 0 Å². The molecule has 0 spiro atoms. The Labute approximate surface area is 155 Å². The third-order valence-electron chi connectivity index (χ3n) is 3.23. The fourth-order valence-corrected chi connectivity index (χ4v) is 2.24. The number of H-pyrrole nitrogens is 1. The van der Waals surface area contributed by atoms with Crippen LogP contribution in [0.1, 0.15) is 39.0 Å². The van der Waals surface area contributed by atoms with Crippen molar-refractivity contribution in [3.05, 3.63) is 41.7 Å². The van der Waals surface area contributed by atoms with Gasteiger partial charge in [-0.05, 0) is 52.0 Å². The standard InChI is InChI=1S/C19H21F3N2O3/c1-11(2)26-16-8-13(7-14(9-16)19(20,21)22)18-23-10-15(24-18)5-6-17(25)27-12(3)4/h5-12H,1-4H3,(H,23,24). The van der Waals surface area contributed by atoms with Crippen LogP contribution in [0.3, 0.4) is 0 Å². The van der Waals surface area contributed by atoms with Gasteiger partial charge in [0.1, 0.15) is 11.6 Å². The number of rotatable bonds is 6. The van der Waals surface area contributed by atoms with Gasteiger partial charge in [-0.15, -0.1) is 0 Å². The Balaban J connectivity index is 2.31. The van der Waals surface area contributed by atoms with Crippen LogP contribution < -0.4 is 4.74 Å². The van der Waals surface area contributed by atoms with Gasteiger partial charge in [0.05, 0.1) is 29.7 Å². The first-order chi connectivity index (χ1) is 12.5. The van der Waals surface area contributed by atoms with Crippen LogP contribution in [0, 0.1) is 0 Å². The fraction of sp³-hybridized carbons (Fsp3) is 0.368. The number of ether oxygens (including phenoxy) is 2. The van der Waals surface area contributed by atoms with E-state index >= 15 is 0 Å². The van der Waals surface area contributed by atoms with Crippen LogP contribution in [-0.2, 0) is 15.7 Å². The maximum atomic E-state index is 13.2. The molecule has 0 saturated heterocycles. The Morgan fingerprint density at radius 2 is 1.85 bits per heavy atom. The van der Waals surface area contributed by atoms with Crippen LogP contribution in [0.4, 0.5) is 13.2 Å². The van der Waals surface area contributed by atoms with Crippen molar-refractivity contribution in [3.8, 4) is 17.1 Å². The summed E-state index contributed by atoms with van der Waals surface area (Å²) in [5.74, 6) is -0.191. The summed E-state index contributed by atoms with van der Waals surface area (Å²) in [5, 5.41) is 0. The first kappa shape index (κ1) is 20.5. The number of carbonyl (C=O) groups excluding carboxylic acids is 1. The van der Waals surface area contributed by atoms with E-state index in [2.05, 4.69) is 9.97 Å². The predicted octanol–water partition coefficient (Wildman–Crippen LogP) is 4.85. The van der Waals surface area contributed by atoms with Crippen LogP contribution in [0.15, 0.2) is 30.5 Å². The highest BCUT2D eigenvalue weighted by Gasteiger charge is 2.32. The summed E-state index contributed by atoms with van der Waals surface area (Å²) in [5.41, 5.74) is -0.149. The highest BCUT2D eigenvalue weighted by molar-refractivity contribution is 5.86. The summed E-state index contributed by atoms with van der Waals surface area (Å²) < 4.78 is 49.9. The first-order valence-corrected chi connectivity index (χ1v) is 8.37. The van der Waals surface area contributed by atoms with Crippen LogP contribution in [0.25, 0.3) is 17.5 Å². The van der Waals surface area contributed by atoms with E-state index in [-0.39, 0.29) is 29.3 Å². The Morgan fingerprint density at radius 1 is 1.15 bits per heavy atom. The minimum Gasteiger partial charge on any atom is -0.491 e. The largest absolute Gasteiger partial charge is 0.491 e. The lowest BCUT2D eigenvalue weighted by Crippen LogP contribution is -2.09. The van der Waals surface area contributed by atoms with Gasteiger partial charge in [0, 0.05) is 11.6 Å². The molecule has 1 aromatic carbocycles. The number of benzene rings is 1. The molecule has 0 aliphatic heterocycles. The predicted molar refractivity (Wildman–Crippen MR) is 95.1 cm³/mol. The van der Waals surface area contributed by atoms with Crippen molar-refractivity contribution >= 4 is 12.0 Å². The molecule has 0 saturated carbocycles. The number of carbonyl (C=O) groups is 1. The van der Waals surface area contributed by atoms with Crippen molar-refractivity contribution in [1.82, 2.24) is 9.97 Å². The van der Waals surface area contributed by atoms with Gasteiger partial charge in [-0.3, -0.25) is 0 Å². The maximum absolute atomic E-state index is 13.2. The third kappa shape index (κ3) is 6.16. The van der Waals surface area contributed by atoms with Gasteiger partial charge in [-0.2, -0.15) is 13.2 Å². The molecule has 0 unspecified atom stereocenters. The number of aromatic amines is 1. The van der Waals surface area contributed by atoms with Crippen LogP contribution in [0.5, 0.6) is 5.75 Å². The average molecular weight is 382 g/mol. The molecule has 0 fully saturated rings. The number of hydrogen-bond acceptors (Lipinski definition) is 4. The Morgan fingerprint density at radius 3 is 2.44 bits per heavy atom. The summed E-state index contributed by atoms with van der Waals surface area (Å²) in [6.07, 6.45) is -0.956. The minimum absolute atomic E-state index is 0.101. The number of hydrogen-bond donors (Lipinski definition) is 1. The van der Waals surface area contributed by atoms with Crippen molar-refractivity contribution in [2.45, 2.75) is 46.1 Å². The topological polar surface area (TPSA) is 64.2 Å². The zero-order valence-electron chi connectivity index (χ0n) is 15.4. The van der Waals surface area contributed by atoms with Gasteiger partial charge < -0.3 is 14.5 Å². The molecule has 0 aliphatic rings. The highest BCUT2D eigenvalue weighted by atomic mass is 19.4. The number of aromatic nitrogens is 2. The Bertz CT molecular complexity index is 824. The van der Waals surface area contributed by atoms with Gasteiger partial charge >= 0.3 is 12.1 Å². The number of imidazole rings is 1. The summed E-state index contributed by atoms with van der Waals surface area (Å²) in [4.78, 5) is 18.5. The van der Waals surface area contributed by atoms with E-state index in [1.54, 1.807) is 27.7 Å². The first-order valence-electron chi connectivity index (χ1n) is 8.37. The molecule has 1 N–H and O–H groups in total. The third-order valence-corrected chi connectivity index (χ3v) is 3.23. The van der Waals surface area contributed by atoms with Crippen molar-refractivity contribution in [2.75, 3.05) is 0 Å². The molecule has 1 aromatic heterocycles. The highest BCUT2D eigenvalue weighted by Crippen LogP contribution is 2.35. The number of nitrogens with one attached hydrogen (secondary N) is 1. The number of nitrogens with zero attached hydrogens (tertiary/aromatic N) is 1. The molecule has 0 bridgehead atoms. The van der Waals surface area contributed by atoms with Gasteiger partial charge in [-0.1, -0.05) is 0 Å². The lowest BCUT2D eigenvalue weighted by Gasteiger charge is -2.14. The molecule has 2 rings (SSSR count). The summed E-state index contributed by atoms with van der Waals surface area (Å²) in [6, 6.07) is 3.43. The van der Waals surface area contributed by atoms with Gasteiger partial charge in [0.25, 0.3) is 0 Å². The second-order valence-electron chi connectivity index (χ2n) is 6.42. The normalized spacial score (nSPS) is 12.2. The van der Waals surface area contributed by atoms with Crippen molar-refractivity contribution in [3.63, 3.8) is 0 Å². The Kier molecular flexibility index (Phi) is 6.30. The molecule has 8 heteroatoms. The SMILES string of the molecule is CC(C)OC(=O)C=Cc1cnc(-c2cc(OC(C)C)cc(C(F)(F)F)c2)[nH]1. The second kappa shape index (κ2) is 8.28. The lowest BCUT2D eigenvalue weighted by molar-refractivity contribution is -0.141. The Hall–Kier alpha value is -2.77. The summed E-state index contributed by atoms with van der Waals surface area (Å²) in [7, 11) is 0. The minimum atomic E-state index is -4.51. The van der Waals surface area contributed by atoms with Gasteiger partial charge in [-0.25, -0.2) is 9.78 Å². The fourth-order valence-electron chi connectivity index (χ4n) is 2.24.